The van der Waals surface area contributed by atoms with Gasteiger partial charge in [-0.15, -0.1) is 0 Å². The van der Waals surface area contributed by atoms with Gasteiger partial charge in [-0.3, -0.25) is 4.79 Å². The van der Waals surface area contributed by atoms with Crippen LogP contribution in [0, 0.1) is 5.92 Å². The topological polar surface area (TPSA) is 55.1 Å². The smallest absolute Gasteiger partial charge is 0.221 e. The molecule has 0 spiro atoms. The summed E-state index contributed by atoms with van der Waals surface area (Å²) in [6, 6.07) is 0.409. The molecule has 94 valence electrons. The molecule has 3 nitrogen and oxygen atoms in total. The fourth-order valence-corrected chi connectivity index (χ4v) is 2.30. The number of hydrogen-bond acceptors (Lipinski definition) is 2. The van der Waals surface area contributed by atoms with E-state index in [9.17, 15) is 4.79 Å². The van der Waals surface area contributed by atoms with Crippen LogP contribution in [0.5, 0.6) is 0 Å². The fourth-order valence-electron chi connectivity index (χ4n) is 2.30. The van der Waals surface area contributed by atoms with Gasteiger partial charge < -0.3 is 11.1 Å². The molecular weight excluding hydrogens is 200 g/mol. The lowest BCUT2D eigenvalue weighted by Gasteiger charge is -2.17. The van der Waals surface area contributed by atoms with Gasteiger partial charge >= 0.3 is 0 Å². The van der Waals surface area contributed by atoms with Crippen molar-refractivity contribution in [1.82, 2.24) is 5.32 Å². The van der Waals surface area contributed by atoms with Crippen LogP contribution in [-0.2, 0) is 4.79 Å². The van der Waals surface area contributed by atoms with E-state index in [0.717, 1.165) is 25.2 Å². The highest BCUT2D eigenvalue weighted by molar-refractivity contribution is 5.76. The maximum atomic E-state index is 11.7. The van der Waals surface area contributed by atoms with Gasteiger partial charge in [0.15, 0.2) is 0 Å². The quantitative estimate of drug-likeness (QED) is 0.722. The van der Waals surface area contributed by atoms with Crippen molar-refractivity contribution in [2.45, 2.75) is 70.9 Å². The number of nitrogens with two attached hydrogens (primary N) is 1. The van der Waals surface area contributed by atoms with Crippen LogP contribution in [0.3, 0.4) is 0 Å². The molecule has 3 heteroatoms. The summed E-state index contributed by atoms with van der Waals surface area (Å²) in [6.45, 7) is 4.32. The van der Waals surface area contributed by atoms with Crippen molar-refractivity contribution < 1.29 is 4.79 Å². The highest BCUT2D eigenvalue weighted by Gasteiger charge is 2.18. The lowest BCUT2D eigenvalue weighted by atomic mass is 10.0. The summed E-state index contributed by atoms with van der Waals surface area (Å²) in [5.74, 6) is 0.953. The zero-order valence-electron chi connectivity index (χ0n) is 10.7. The van der Waals surface area contributed by atoms with E-state index in [-0.39, 0.29) is 11.9 Å². The molecule has 0 saturated heterocycles. The summed E-state index contributed by atoms with van der Waals surface area (Å²) in [4.78, 5) is 11.7. The Kier molecular flexibility index (Phi) is 5.81. The van der Waals surface area contributed by atoms with Crippen LogP contribution in [0.15, 0.2) is 0 Å². The second-order valence-electron chi connectivity index (χ2n) is 5.25. The molecule has 0 bridgehead atoms. The SMILES string of the molecule is CCC(N)CC(=O)NC1CCCC(C)CC1. The van der Waals surface area contributed by atoms with Crippen molar-refractivity contribution in [2.24, 2.45) is 11.7 Å². The molecule has 3 unspecified atom stereocenters. The standard InChI is InChI=1S/C13H26N2O/c1-3-11(14)9-13(16)15-12-6-4-5-10(2)7-8-12/h10-12H,3-9,14H2,1-2H3,(H,15,16). The predicted molar refractivity (Wildman–Crippen MR) is 67.1 cm³/mol. The van der Waals surface area contributed by atoms with E-state index >= 15 is 0 Å². The Morgan fingerprint density at radius 1 is 1.38 bits per heavy atom. The van der Waals surface area contributed by atoms with E-state index in [0.29, 0.717) is 12.5 Å². The molecule has 0 radical (unpaired) electrons. The van der Waals surface area contributed by atoms with Crippen molar-refractivity contribution in [3.63, 3.8) is 0 Å². The molecule has 16 heavy (non-hydrogen) atoms. The minimum absolute atomic E-state index is 0.0182. The van der Waals surface area contributed by atoms with Crippen molar-refractivity contribution in [3.8, 4) is 0 Å². The Balaban J connectivity index is 2.27. The Morgan fingerprint density at radius 2 is 2.12 bits per heavy atom. The summed E-state index contributed by atoms with van der Waals surface area (Å²) < 4.78 is 0. The highest BCUT2D eigenvalue weighted by Crippen LogP contribution is 2.22. The second kappa shape index (κ2) is 6.89. The number of carbonyl (C=O) groups is 1. The number of rotatable bonds is 4. The first-order valence-electron chi connectivity index (χ1n) is 6.66. The molecule has 1 rings (SSSR count). The first-order chi connectivity index (χ1) is 7.61. The molecule has 1 saturated carbocycles. The summed E-state index contributed by atoms with van der Waals surface area (Å²) >= 11 is 0. The lowest BCUT2D eigenvalue weighted by molar-refractivity contribution is -0.122. The number of amides is 1. The monoisotopic (exact) mass is 226 g/mol. The van der Waals surface area contributed by atoms with E-state index in [1.54, 1.807) is 0 Å². The van der Waals surface area contributed by atoms with Gasteiger partial charge in [-0.2, -0.15) is 0 Å². The van der Waals surface area contributed by atoms with Gasteiger partial charge in [0.1, 0.15) is 0 Å². The van der Waals surface area contributed by atoms with Gasteiger partial charge in [0.25, 0.3) is 0 Å². The third-order valence-electron chi connectivity index (χ3n) is 3.59. The van der Waals surface area contributed by atoms with Gasteiger partial charge in [0.05, 0.1) is 0 Å². The van der Waals surface area contributed by atoms with E-state index in [4.69, 9.17) is 5.73 Å². The third-order valence-corrected chi connectivity index (χ3v) is 3.59. The molecule has 0 heterocycles. The van der Waals surface area contributed by atoms with Crippen molar-refractivity contribution in [3.05, 3.63) is 0 Å². The summed E-state index contributed by atoms with van der Waals surface area (Å²) in [5.41, 5.74) is 5.77. The van der Waals surface area contributed by atoms with E-state index in [1.807, 2.05) is 6.92 Å². The first-order valence-corrected chi connectivity index (χ1v) is 6.66. The predicted octanol–water partition coefficient (Wildman–Crippen LogP) is 2.20. The number of nitrogens with one attached hydrogen (secondary N) is 1. The summed E-state index contributed by atoms with van der Waals surface area (Å²) in [7, 11) is 0. The fraction of sp³-hybridized carbons (Fsp3) is 0.923. The zero-order chi connectivity index (χ0) is 12.0. The Hall–Kier alpha value is -0.570. The van der Waals surface area contributed by atoms with Crippen LogP contribution in [0.2, 0.25) is 0 Å². The first kappa shape index (κ1) is 13.5. The summed E-state index contributed by atoms with van der Waals surface area (Å²) in [5, 5.41) is 3.13. The van der Waals surface area contributed by atoms with Crippen molar-refractivity contribution in [2.75, 3.05) is 0 Å². The van der Waals surface area contributed by atoms with Crippen molar-refractivity contribution >= 4 is 5.91 Å². The maximum absolute atomic E-state index is 11.7. The minimum atomic E-state index is 0.0182. The molecule has 1 fully saturated rings. The van der Waals surface area contributed by atoms with Crippen molar-refractivity contribution in [1.29, 1.82) is 0 Å². The molecule has 0 aromatic rings. The normalized spacial score (nSPS) is 28.2. The van der Waals surface area contributed by atoms with E-state index in [1.165, 1.54) is 19.3 Å². The Bertz CT molecular complexity index is 218. The second-order valence-corrected chi connectivity index (χ2v) is 5.25. The molecule has 0 aliphatic heterocycles. The van der Waals surface area contributed by atoms with Crippen LogP contribution in [0.4, 0.5) is 0 Å². The van der Waals surface area contributed by atoms with Gasteiger partial charge in [0, 0.05) is 18.5 Å². The number of hydrogen-bond donors (Lipinski definition) is 2. The van der Waals surface area contributed by atoms with Gasteiger partial charge in [-0.25, -0.2) is 0 Å². The Morgan fingerprint density at radius 3 is 2.81 bits per heavy atom. The van der Waals surface area contributed by atoms with Gasteiger partial charge in [-0.05, 0) is 31.6 Å². The van der Waals surface area contributed by atoms with E-state index < -0.39 is 0 Å². The molecular formula is C13H26N2O. The molecule has 0 aromatic heterocycles. The molecule has 1 aliphatic rings. The van der Waals surface area contributed by atoms with Gasteiger partial charge in [0.2, 0.25) is 5.91 Å². The molecule has 3 atom stereocenters. The Labute approximate surface area is 99.2 Å². The third kappa shape index (κ3) is 4.97. The van der Waals surface area contributed by atoms with Crippen LogP contribution >= 0.6 is 0 Å². The molecule has 0 aromatic carbocycles. The lowest BCUT2D eigenvalue weighted by Crippen LogP contribution is -2.37. The van der Waals surface area contributed by atoms with Crippen LogP contribution < -0.4 is 11.1 Å². The molecule has 1 aliphatic carbocycles. The van der Waals surface area contributed by atoms with Crippen LogP contribution in [0.25, 0.3) is 0 Å². The average Bonchev–Trinajstić information content (AvgIpc) is 2.43. The van der Waals surface area contributed by atoms with E-state index in [2.05, 4.69) is 12.2 Å². The molecule has 3 N–H and O–H groups in total. The zero-order valence-corrected chi connectivity index (χ0v) is 10.7. The van der Waals surface area contributed by atoms with Gasteiger partial charge in [-0.1, -0.05) is 26.7 Å². The average molecular weight is 226 g/mol. The number of carbonyl (C=O) groups excluding carboxylic acids is 1. The molecule has 1 amide bonds. The highest BCUT2D eigenvalue weighted by atomic mass is 16.1. The minimum Gasteiger partial charge on any atom is -0.353 e. The largest absolute Gasteiger partial charge is 0.353 e. The summed E-state index contributed by atoms with van der Waals surface area (Å²) in [6.07, 6.45) is 7.40. The maximum Gasteiger partial charge on any atom is 0.221 e. The van der Waals surface area contributed by atoms with Crippen LogP contribution in [-0.4, -0.2) is 18.0 Å². The van der Waals surface area contributed by atoms with Crippen LogP contribution in [0.1, 0.15) is 58.8 Å².